The molecule has 2 saturated heterocycles. The molecular formula is C23H26N6O2. The summed E-state index contributed by atoms with van der Waals surface area (Å²) in [5.74, 6) is 0.00240. The van der Waals surface area contributed by atoms with Crippen LogP contribution in [0.3, 0.4) is 0 Å². The maximum atomic E-state index is 12.9. The highest BCUT2D eigenvalue weighted by atomic mass is 16.5. The van der Waals surface area contributed by atoms with Crippen molar-refractivity contribution in [3.63, 3.8) is 0 Å². The lowest BCUT2D eigenvalue weighted by Gasteiger charge is -2.33. The third-order valence-electron chi connectivity index (χ3n) is 5.98. The molecule has 5 rings (SSSR count). The van der Waals surface area contributed by atoms with E-state index >= 15 is 0 Å². The van der Waals surface area contributed by atoms with E-state index in [-0.39, 0.29) is 11.8 Å². The van der Waals surface area contributed by atoms with Crippen molar-refractivity contribution in [3.05, 3.63) is 48.9 Å². The van der Waals surface area contributed by atoms with Crippen LogP contribution in [0.15, 0.2) is 48.9 Å². The van der Waals surface area contributed by atoms with Gasteiger partial charge in [0.2, 0.25) is 5.91 Å². The monoisotopic (exact) mass is 418 g/mol. The van der Waals surface area contributed by atoms with E-state index in [1.54, 1.807) is 12.4 Å². The lowest BCUT2D eigenvalue weighted by Crippen LogP contribution is -2.40. The van der Waals surface area contributed by atoms with E-state index in [0.29, 0.717) is 12.2 Å². The van der Waals surface area contributed by atoms with Gasteiger partial charge in [-0.25, -0.2) is 9.97 Å². The Balaban J connectivity index is 1.23. The number of nitrogens with one attached hydrogen (secondary N) is 1. The molecule has 2 aliphatic heterocycles. The standard InChI is InChI=1S/C23H26N6O2/c30-23(27-18-3-5-19(6-4-18)28-10-12-31-13-11-28)17-2-1-9-29(16-17)20-14-21-22(26-15-20)25-8-7-24-21/h3-8,14-15,17H,1-2,9-13,16H2,(H,27,30)/t17-/m1/s1. The average Bonchev–Trinajstić information content (AvgIpc) is 2.85. The van der Waals surface area contributed by atoms with Crippen LogP contribution in [0.2, 0.25) is 0 Å². The number of carbonyl (C=O) groups is 1. The molecule has 0 unspecified atom stereocenters. The Morgan fingerprint density at radius 3 is 2.61 bits per heavy atom. The summed E-state index contributed by atoms with van der Waals surface area (Å²) >= 11 is 0. The number of carbonyl (C=O) groups excluding carboxylic acids is 1. The van der Waals surface area contributed by atoms with E-state index in [0.717, 1.165) is 68.3 Å². The molecule has 3 aromatic rings. The van der Waals surface area contributed by atoms with Gasteiger partial charge >= 0.3 is 0 Å². The van der Waals surface area contributed by atoms with Crippen molar-refractivity contribution in [1.82, 2.24) is 15.0 Å². The molecule has 1 N–H and O–H groups in total. The molecular weight excluding hydrogens is 392 g/mol. The molecule has 0 radical (unpaired) electrons. The van der Waals surface area contributed by atoms with Crippen LogP contribution in [0.1, 0.15) is 12.8 Å². The first kappa shape index (κ1) is 19.7. The minimum atomic E-state index is -0.0646. The molecule has 4 heterocycles. The number of rotatable bonds is 4. The summed E-state index contributed by atoms with van der Waals surface area (Å²) in [5, 5.41) is 3.10. The van der Waals surface area contributed by atoms with Crippen molar-refractivity contribution in [1.29, 1.82) is 0 Å². The highest BCUT2D eigenvalue weighted by molar-refractivity contribution is 5.93. The molecule has 2 fully saturated rings. The molecule has 1 amide bonds. The largest absolute Gasteiger partial charge is 0.378 e. The van der Waals surface area contributed by atoms with Gasteiger partial charge in [-0.3, -0.25) is 9.78 Å². The number of benzene rings is 1. The fourth-order valence-electron chi connectivity index (χ4n) is 4.27. The van der Waals surface area contributed by atoms with Crippen molar-refractivity contribution in [2.45, 2.75) is 12.8 Å². The zero-order chi connectivity index (χ0) is 21.0. The molecule has 160 valence electrons. The van der Waals surface area contributed by atoms with Gasteiger partial charge in [-0.1, -0.05) is 0 Å². The predicted octanol–water partition coefficient (Wildman–Crippen LogP) is 2.72. The van der Waals surface area contributed by atoms with E-state index < -0.39 is 0 Å². The summed E-state index contributed by atoms with van der Waals surface area (Å²) in [4.78, 5) is 30.4. The highest BCUT2D eigenvalue weighted by Crippen LogP contribution is 2.26. The van der Waals surface area contributed by atoms with Crippen LogP contribution in [0.4, 0.5) is 17.1 Å². The highest BCUT2D eigenvalue weighted by Gasteiger charge is 2.26. The second-order valence-electron chi connectivity index (χ2n) is 8.01. The number of fused-ring (bicyclic) bond motifs is 1. The Morgan fingerprint density at radius 1 is 0.968 bits per heavy atom. The Bertz CT molecular complexity index is 1050. The molecule has 2 aromatic heterocycles. The van der Waals surface area contributed by atoms with Gasteiger partial charge in [-0.05, 0) is 43.2 Å². The van der Waals surface area contributed by atoms with Crippen molar-refractivity contribution >= 4 is 34.1 Å². The van der Waals surface area contributed by atoms with E-state index in [1.165, 1.54) is 0 Å². The Kier molecular flexibility index (Phi) is 5.62. The van der Waals surface area contributed by atoms with Crippen LogP contribution in [-0.4, -0.2) is 60.3 Å². The molecule has 2 aliphatic rings. The smallest absolute Gasteiger partial charge is 0.229 e. The van der Waals surface area contributed by atoms with Crippen molar-refractivity contribution < 1.29 is 9.53 Å². The van der Waals surface area contributed by atoms with Crippen LogP contribution in [0, 0.1) is 5.92 Å². The summed E-state index contributed by atoms with van der Waals surface area (Å²) in [7, 11) is 0. The molecule has 0 spiro atoms. The van der Waals surface area contributed by atoms with Crippen molar-refractivity contribution in [2.24, 2.45) is 5.92 Å². The fourth-order valence-corrected chi connectivity index (χ4v) is 4.27. The first-order chi connectivity index (χ1) is 15.3. The Morgan fingerprint density at radius 2 is 1.77 bits per heavy atom. The number of piperidine rings is 1. The molecule has 0 aliphatic carbocycles. The quantitative estimate of drug-likeness (QED) is 0.697. The van der Waals surface area contributed by atoms with Gasteiger partial charge in [-0.2, -0.15) is 0 Å². The van der Waals surface area contributed by atoms with Gasteiger partial charge in [0.05, 0.1) is 31.0 Å². The lowest BCUT2D eigenvalue weighted by atomic mass is 9.96. The first-order valence-corrected chi connectivity index (χ1v) is 10.8. The molecule has 31 heavy (non-hydrogen) atoms. The van der Waals surface area contributed by atoms with E-state index in [9.17, 15) is 4.79 Å². The zero-order valence-corrected chi connectivity index (χ0v) is 17.4. The van der Waals surface area contributed by atoms with E-state index in [2.05, 4.69) is 42.2 Å². The van der Waals surface area contributed by atoms with Gasteiger partial charge in [0.25, 0.3) is 0 Å². The van der Waals surface area contributed by atoms with Gasteiger partial charge < -0.3 is 19.9 Å². The minimum absolute atomic E-state index is 0.0646. The predicted molar refractivity (Wildman–Crippen MR) is 120 cm³/mol. The van der Waals surface area contributed by atoms with Crippen LogP contribution in [0.5, 0.6) is 0 Å². The second-order valence-corrected chi connectivity index (χ2v) is 8.01. The van der Waals surface area contributed by atoms with Crippen LogP contribution >= 0.6 is 0 Å². The number of nitrogens with zero attached hydrogens (tertiary/aromatic N) is 5. The van der Waals surface area contributed by atoms with Gasteiger partial charge in [-0.15, -0.1) is 0 Å². The van der Waals surface area contributed by atoms with Gasteiger partial charge in [0.15, 0.2) is 5.65 Å². The number of pyridine rings is 1. The zero-order valence-electron chi connectivity index (χ0n) is 17.4. The molecule has 8 heteroatoms. The third kappa shape index (κ3) is 4.44. The Hall–Kier alpha value is -3.26. The number of amides is 1. The second kappa shape index (κ2) is 8.85. The maximum Gasteiger partial charge on any atom is 0.229 e. The number of hydrogen-bond acceptors (Lipinski definition) is 7. The lowest BCUT2D eigenvalue weighted by molar-refractivity contribution is -0.120. The summed E-state index contributed by atoms with van der Waals surface area (Å²) in [5.41, 5.74) is 4.39. The molecule has 1 aromatic carbocycles. The SMILES string of the molecule is O=C(Nc1ccc(N2CCOCC2)cc1)[C@@H]1CCCN(c2cnc3nccnc3c2)C1. The van der Waals surface area contributed by atoms with E-state index in [1.807, 2.05) is 24.4 Å². The number of anilines is 3. The first-order valence-electron chi connectivity index (χ1n) is 10.8. The minimum Gasteiger partial charge on any atom is -0.378 e. The van der Waals surface area contributed by atoms with Crippen LogP contribution in [-0.2, 0) is 9.53 Å². The fraction of sp³-hybridized carbons (Fsp3) is 0.391. The molecule has 0 saturated carbocycles. The van der Waals surface area contributed by atoms with Crippen LogP contribution < -0.4 is 15.1 Å². The number of morpholine rings is 1. The van der Waals surface area contributed by atoms with Crippen molar-refractivity contribution in [2.75, 3.05) is 54.5 Å². The topological polar surface area (TPSA) is 83.5 Å². The summed E-state index contributed by atoms with van der Waals surface area (Å²) in [6.07, 6.45) is 6.98. The number of aromatic nitrogens is 3. The summed E-state index contributed by atoms with van der Waals surface area (Å²) < 4.78 is 5.41. The third-order valence-corrected chi connectivity index (χ3v) is 5.98. The molecule has 0 bridgehead atoms. The Labute approximate surface area is 181 Å². The summed E-state index contributed by atoms with van der Waals surface area (Å²) in [6, 6.07) is 10.1. The molecule has 1 atom stereocenters. The van der Waals surface area contributed by atoms with Crippen molar-refractivity contribution in [3.8, 4) is 0 Å². The van der Waals surface area contributed by atoms with Gasteiger partial charge in [0, 0.05) is 49.9 Å². The normalized spacial score (nSPS) is 19.4. The van der Waals surface area contributed by atoms with E-state index in [4.69, 9.17) is 4.74 Å². The average molecular weight is 419 g/mol. The number of ether oxygens (including phenoxy) is 1. The number of hydrogen-bond donors (Lipinski definition) is 1. The van der Waals surface area contributed by atoms with Gasteiger partial charge in [0.1, 0.15) is 5.52 Å². The van der Waals surface area contributed by atoms with Crippen LogP contribution in [0.25, 0.3) is 11.2 Å². The summed E-state index contributed by atoms with van der Waals surface area (Å²) in [6.45, 7) is 4.90. The maximum absolute atomic E-state index is 12.9. The molecule has 8 nitrogen and oxygen atoms in total.